The van der Waals surface area contributed by atoms with Crippen LogP contribution in [0.3, 0.4) is 0 Å². The topological polar surface area (TPSA) is 124 Å². The molecule has 2 aromatic carbocycles. The molecular formula is C27H25N5O4. The monoisotopic (exact) mass is 483 g/mol. The number of amides is 1. The highest BCUT2D eigenvalue weighted by Crippen LogP contribution is 2.35. The summed E-state index contributed by atoms with van der Waals surface area (Å²) >= 11 is 0. The number of benzene rings is 2. The lowest BCUT2D eigenvalue weighted by Crippen LogP contribution is -2.27. The van der Waals surface area contributed by atoms with Crippen molar-refractivity contribution in [3.63, 3.8) is 0 Å². The Morgan fingerprint density at radius 3 is 2.50 bits per heavy atom. The van der Waals surface area contributed by atoms with Crippen LogP contribution < -0.4 is 4.74 Å². The van der Waals surface area contributed by atoms with Crippen LogP contribution in [0, 0.1) is 24.2 Å². The number of aliphatic hydroxyl groups is 1. The first-order valence-corrected chi connectivity index (χ1v) is 11.7. The standard InChI is InChI=1S/C27H25N5O4/c1-17-2-6-21(7-3-17)24-23(20-8-4-18(12-28)5-9-20)30-26(25-29-22(15-33)14-32(24)25)36-16-19-10-11-31(13-19)27(34)35/h2-9,14,19,33H,10-11,13,15-16H2,1H3,(H,34,35)/t19-/m1/s1. The molecule has 1 aliphatic rings. The van der Waals surface area contributed by atoms with Gasteiger partial charge in [0.25, 0.3) is 5.88 Å². The van der Waals surface area contributed by atoms with Crippen molar-refractivity contribution in [2.24, 2.45) is 5.92 Å². The van der Waals surface area contributed by atoms with Crippen molar-refractivity contribution in [2.45, 2.75) is 20.0 Å². The zero-order chi connectivity index (χ0) is 25.2. The summed E-state index contributed by atoms with van der Waals surface area (Å²) < 4.78 is 8.04. The molecule has 1 amide bonds. The largest absolute Gasteiger partial charge is 0.475 e. The van der Waals surface area contributed by atoms with Crippen LogP contribution in [0.5, 0.6) is 5.88 Å². The second-order valence-corrected chi connectivity index (χ2v) is 8.95. The number of hydrogen-bond acceptors (Lipinski definition) is 6. The highest BCUT2D eigenvalue weighted by molar-refractivity contribution is 5.82. The Balaban J connectivity index is 1.63. The fourth-order valence-corrected chi connectivity index (χ4v) is 4.47. The summed E-state index contributed by atoms with van der Waals surface area (Å²) in [6, 6.07) is 17.4. The second kappa shape index (κ2) is 9.68. The van der Waals surface area contributed by atoms with Crippen molar-refractivity contribution in [1.29, 1.82) is 5.26 Å². The molecule has 1 saturated heterocycles. The van der Waals surface area contributed by atoms with Gasteiger partial charge in [-0.25, -0.2) is 14.8 Å². The quantitative estimate of drug-likeness (QED) is 0.423. The van der Waals surface area contributed by atoms with Gasteiger partial charge in [-0.2, -0.15) is 5.26 Å². The molecule has 9 heteroatoms. The second-order valence-electron chi connectivity index (χ2n) is 8.95. The SMILES string of the molecule is Cc1ccc(-c2c(-c3ccc(C#N)cc3)nc(OC[C@@H]3CCN(C(=O)O)C3)c3nc(CO)cn23)cc1. The Labute approximate surface area is 207 Å². The summed E-state index contributed by atoms with van der Waals surface area (Å²) in [7, 11) is 0. The molecule has 5 rings (SSSR count). The number of imidazole rings is 1. The van der Waals surface area contributed by atoms with Crippen molar-refractivity contribution in [3.05, 3.63) is 71.5 Å². The van der Waals surface area contributed by atoms with E-state index in [1.54, 1.807) is 18.3 Å². The lowest BCUT2D eigenvalue weighted by atomic mass is 10.0. The maximum Gasteiger partial charge on any atom is 0.407 e. The van der Waals surface area contributed by atoms with Crippen LogP contribution in [-0.4, -0.2) is 55.3 Å². The van der Waals surface area contributed by atoms with Crippen LogP contribution >= 0.6 is 0 Å². The molecule has 0 spiro atoms. The number of aryl methyl sites for hydroxylation is 1. The molecule has 1 atom stereocenters. The van der Waals surface area contributed by atoms with E-state index in [0.29, 0.717) is 54.6 Å². The van der Waals surface area contributed by atoms with Gasteiger partial charge in [-0.3, -0.25) is 4.40 Å². The fraction of sp³-hybridized carbons (Fsp3) is 0.259. The maximum absolute atomic E-state index is 11.3. The number of aromatic nitrogens is 3. The highest BCUT2D eigenvalue weighted by Gasteiger charge is 2.27. The maximum atomic E-state index is 11.3. The molecule has 9 nitrogen and oxygen atoms in total. The first-order valence-electron chi connectivity index (χ1n) is 11.7. The van der Waals surface area contributed by atoms with Gasteiger partial charge in [0.05, 0.1) is 41.9 Å². The zero-order valence-electron chi connectivity index (χ0n) is 19.8. The zero-order valence-corrected chi connectivity index (χ0v) is 19.8. The molecule has 0 saturated carbocycles. The van der Waals surface area contributed by atoms with Gasteiger partial charge in [0.1, 0.15) is 0 Å². The normalized spacial score (nSPS) is 15.2. The number of likely N-dealkylation sites (tertiary alicyclic amines) is 1. The molecule has 3 heterocycles. The summed E-state index contributed by atoms with van der Waals surface area (Å²) in [4.78, 5) is 22.1. The number of rotatable bonds is 6. The highest BCUT2D eigenvalue weighted by atomic mass is 16.5. The van der Waals surface area contributed by atoms with Gasteiger partial charge >= 0.3 is 6.09 Å². The third kappa shape index (κ3) is 4.46. The van der Waals surface area contributed by atoms with E-state index in [1.807, 2.05) is 47.7 Å². The number of nitrogens with zero attached hydrogens (tertiary/aromatic N) is 5. The van der Waals surface area contributed by atoms with E-state index in [2.05, 4.69) is 11.1 Å². The fourth-order valence-electron chi connectivity index (χ4n) is 4.47. The summed E-state index contributed by atoms with van der Waals surface area (Å²) in [5.74, 6) is 0.351. The first kappa shape index (κ1) is 23.3. The van der Waals surface area contributed by atoms with Crippen molar-refractivity contribution >= 4 is 11.7 Å². The summed E-state index contributed by atoms with van der Waals surface area (Å²) in [6.07, 6.45) is 1.56. The Kier molecular flexibility index (Phi) is 6.27. The Hall–Kier alpha value is -4.42. The minimum atomic E-state index is -0.926. The van der Waals surface area contributed by atoms with E-state index in [9.17, 15) is 20.3 Å². The number of fused-ring (bicyclic) bond motifs is 1. The van der Waals surface area contributed by atoms with Crippen LogP contribution in [0.25, 0.3) is 28.2 Å². The first-order chi connectivity index (χ1) is 17.5. The van der Waals surface area contributed by atoms with E-state index in [-0.39, 0.29) is 12.5 Å². The van der Waals surface area contributed by atoms with Gasteiger partial charge in [0.15, 0.2) is 0 Å². The predicted octanol–water partition coefficient (Wildman–Crippen LogP) is 4.11. The summed E-state index contributed by atoms with van der Waals surface area (Å²) in [6.45, 7) is 2.96. The number of aliphatic hydroxyl groups excluding tert-OH is 1. The van der Waals surface area contributed by atoms with E-state index in [1.165, 1.54) is 4.90 Å². The van der Waals surface area contributed by atoms with E-state index in [4.69, 9.17) is 9.72 Å². The molecule has 36 heavy (non-hydrogen) atoms. The third-order valence-electron chi connectivity index (χ3n) is 6.41. The molecule has 2 N–H and O–H groups in total. The van der Waals surface area contributed by atoms with Crippen LogP contribution in [0.2, 0.25) is 0 Å². The summed E-state index contributed by atoms with van der Waals surface area (Å²) in [5.41, 5.74) is 5.76. The van der Waals surface area contributed by atoms with Gasteiger partial charge in [-0.15, -0.1) is 0 Å². The average Bonchev–Trinajstić information content (AvgIpc) is 3.55. The number of carbonyl (C=O) groups is 1. The van der Waals surface area contributed by atoms with Gasteiger partial charge in [0, 0.05) is 36.3 Å². The van der Waals surface area contributed by atoms with Crippen LogP contribution in [0.1, 0.15) is 23.2 Å². The van der Waals surface area contributed by atoms with Gasteiger partial charge in [-0.1, -0.05) is 42.0 Å². The molecule has 0 aliphatic carbocycles. The van der Waals surface area contributed by atoms with E-state index in [0.717, 1.165) is 22.4 Å². The van der Waals surface area contributed by atoms with E-state index >= 15 is 0 Å². The van der Waals surface area contributed by atoms with Crippen molar-refractivity contribution in [1.82, 2.24) is 19.3 Å². The smallest absolute Gasteiger partial charge is 0.407 e. The lowest BCUT2D eigenvalue weighted by Gasteiger charge is -2.17. The minimum Gasteiger partial charge on any atom is -0.475 e. The number of carboxylic acid groups (broad SMARTS) is 1. The van der Waals surface area contributed by atoms with Gasteiger partial charge in [-0.05, 0) is 25.5 Å². The number of hydrogen-bond donors (Lipinski definition) is 2. The molecule has 0 bridgehead atoms. The van der Waals surface area contributed by atoms with Gasteiger partial charge in [0.2, 0.25) is 5.65 Å². The Bertz CT molecular complexity index is 1460. The molecule has 1 fully saturated rings. The predicted molar refractivity (Wildman–Crippen MR) is 132 cm³/mol. The molecule has 182 valence electrons. The average molecular weight is 484 g/mol. The molecular weight excluding hydrogens is 458 g/mol. The van der Waals surface area contributed by atoms with E-state index < -0.39 is 6.09 Å². The Morgan fingerprint density at radius 1 is 1.14 bits per heavy atom. The van der Waals surface area contributed by atoms with Crippen LogP contribution in [-0.2, 0) is 6.61 Å². The molecule has 0 unspecified atom stereocenters. The minimum absolute atomic E-state index is 0.0466. The molecule has 1 aliphatic heterocycles. The number of ether oxygens (including phenoxy) is 1. The summed E-state index contributed by atoms with van der Waals surface area (Å²) in [5, 5.41) is 28.3. The van der Waals surface area contributed by atoms with Crippen molar-refractivity contribution in [3.8, 4) is 34.5 Å². The molecule has 4 aromatic rings. The van der Waals surface area contributed by atoms with Crippen LogP contribution in [0.15, 0.2) is 54.7 Å². The molecule has 2 aromatic heterocycles. The van der Waals surface area contributed by atoms with Crippen molar-refractivity contribution < 1.29 is 19.7 Å². The third-order valence-corrected chi connectivity index (χ3v) is 6.41. The van der Waals surface area contributed by atoms with Gasteiger partial charge < -0.3 is 19.8 Å². The molecule has 0 radical (unpaired) electrons. The number of nitriles is 1. The lowest BCUT2D eigenvalue weighted by molar-refractivity contribution is 0.151. The van der Waals surface area contributed by atoms with Crippen LogP contribution in [0.4, 0.5) is 4.79 Å². The van der Waals surface area contributed by atoms with Crippen molar-refractivity contribution in [2.75, 3.05) is 19.7 Å². The Morgan fingerprint density at radius 2 is 1.86 bits per heavy atom.